The van der Waals surface area contributed by atoms with Gasteiger partial charge in [0.05, 0.1) is 20.5 Å². The number of nitro groups is 1. The van der Waals surface area contributed by atoms with Gasteiger partial charge in [0.25, 0.3) is 11.6 Å². The molecule has 0 saturated carbocycles. The fourth-order valence-electron chi connectivity index (χ4n) is 2.28. The molecule has 0 aromatic heterocycles. The number of hydrogen-bond donors (Lipinski definition) is 2. The molecule has 1 heterocycles. The third-order valence-corrected chi connectivity index (χ3v) is 4.22. The van der Waals surface area contributed by atoms with Gasteiger partial charge >= 0.3 is 0 Å². The molecule has 0 bridgehead atoms. The molecular formula is C13H15Cl2N3O3. The number of amides is 1. The molecule has 2 N–H and O–H groups in total. The van der Waals surface area contributed by atoms with Crippen LogP contribution in [0.2, 0.25) is 10.0 Å². The van der Waals surface area contributed by atoms with Crippen molar-refractivity contribution in [1.29, 1.82) is 0 Å². The zero-order valence-corrected chi connectivity index (χ0v) is 12.7. The molecule has 2 rings (SSSR count). The Bertz CT molecular complexity index is 560. The Labute approximate surface area is 132 Å². The van der Waals surface area contributed by atoms with Gasteiger partial charge in [0.2, 0.25) is 0 Å². The van der Waals surface area contributed by atoms with Crippen LogP contribution < -0.4 is 10.6 Å². The highest BCUT2D eigenvalue weighted by Crippen LogP contribution is 2.30. The lowest BCUT2D eigenvalue weighted by Crippen LogP contribution is -2.38. The van der Waals surface area contributed by atoms with E-state index in [9.17, 15) is 14.9 Å². The summed E-state index contributed by atoms with van der Waals surface area (Å²) in [7, 11) is 0. The molecular weight excluding hydrogens is 317 g/mol. The second kappa shape index (κ2) is 7.06. The Morgan fingerprint density at radius 3 is 2.86 bits per heavy atom. The number of nitrogens with one attached hydrogen (secondary N) is 2. The first-order valence-corrected chi connectivity index (χ1v) is 7.37. The summed E-state index contributed by atoms with van der Waals surface area (Å²) in [5, 5.41) is 16.8. The van der Waals surface area contributed by atoms with Crippen LogP contribution in [-0.2, 0) is 0 Å². The Morgan fingerprint density at radius 1 is 1.48 bits per heavy atom. The van der Waals surface area contributed by atoms with Crippen molar-refractivity contribution in [2.24, 2.45) is 5.92 Å². The van der Waals surface area contributed by atoms with Crippen molar-refractivity contribution in [1.82, 2.24) is 10.6 Å². The van der Waals surface area contributed by atoms with Crippen molar-refractivity contribution in [2.45, 2.75) is 12.8 Å². The van der Waals surface area contributed by atoms with Crippen molar-refractivity contribution in [3.8, 4) is 0 Å². The number of carbonyl (C=O) groups is 1. The summed E-state index contributed by atoms with van der Waals surface area (Å²) in [4.78, 5) is 22.3. The summed E-state index contributed by atoms with van der Waals surface area (Å²) >= 11 is 11.8. The molecule has 1 unspecified atom stereocenters. The molecule has 1 aliphatic rings. The largest absolute Gasteiger partial charge is 0.352 e. The Balaban J connectivity index is 2.09. The van der Waals surface area contributed by atoms with E-state index in [2.05, 4.69) is 10.6 Å². The number of nitrogens with zero attached hydrogens (tertiary/aromatic N) is 1. The summed E-state index contributed by atoms with van der Waals surface area (Å²) in [6.07, 6.45) is 2.11. The smallest absolute Gasteiger partial charge is 0.271 e. The van der Waals surface area contributed by atoms with Crippen LogP contribution in [0.15, 0.2) is 12.1 Å². The Kier molecular flexibility index (Phi) is 5.39. The first-order chi connectivity index (χ1) is 9.99. The molecule has 21 heavy (non-hydrogen) atoms. The van der Waals surface area contributed by atoms with E-state index in [1.165, 1.54) is 0 Å². The molecule has 1 aromatic carbocycles. The van der Waals surface area contributed by atoms with Crippen LogP contribution in [0.5, 0.6) is 0 Å². The van der Waals surface area contributed by atoms with Crippen LogP contribution in [0.4, 0.5) is 5.69 Å². The van der Waals surface area contributed by atoms with Crippen molar-refractivity contribution in [2.75, 3.05) is 19.6 Å². The highest BCUT2D eigenvalue weighted by atomic mass is 35.5. The van der Waals surface area contributed by atoms with Crippen molar-refractivity contribution >= 4 is 34.8 Å². The van der Waals surface area contributed by atoms with E-state index < -0.39 is 10.8 Å². The second-order valence-corrected chi connectivity index (χ2v) is 5.75. The van der Waals surface area contributed by atoms with Crippen molar-refractivity contribution in [3.63, 3.8) is 0 Å². The molecule has 114 valence electrons. The minimum absolute atomic E-state index is 0.00431. The lowest BCUT2D eigenvalue weighted by Gasteiger charge is -2.22. The number of piperidine rings is 1. The highest BCUT2D eigenvalue weighted by molar-refractivity contribution is 6.44. The normalized spacial score (nSPS) is 18.3. The quantitative estimate of drug-likeness (QED) is 0.656. The predicted octanol–water partition coefficient (Wildman–Crippen LogP) is 2.63. The zero-order chi connectivity index (χ0) is 15.4. The van der Waals surface area contributed by atoms with Gasteiger partial charge in [-0.05, 0) is 31.8 Å². The van der Waals surface area contributed by atoms with Gasteiger partial charge in [-0.25, -0.2) is 0 Å². The van der Waals surface area contributed by atoms with Gasteiger partial charge in [0.1, 0.15) is 0 Å². The van der Waals surface area contributed by atoms with Crippen molar-refractivity contribution in [3.05, 3.63) is 37.9 Å². The molecule has 1 aliphatic heterocycles. The van der Waals surface area contributed by atoms with E-state index in [1.807, 2.05) is 0 Å². The van der Waals surface area contributed by atoms with E-state index in [1.54, 1.807) is 0 Å². The van der Waals surface area contributed by atoms with Crippen LogP contribution in [0.25, 0.3) is 0 Å². The molecule has 8 heteroatoms. The third-order valence-electron chi connectivity index (χ3n) is 3.42. The Hall–Kier alpha value is -1.37. The average Bonchev–Trinajstić information content (AvgIpc) is 2.48. The standard InChI is InChI=1S/C13H15Cl2N3O3/c14-11-5-9(18(20)21)4-10(12(11)15)13(19)17-7-8-2-1-3-16-6-8/h4-5,8,16H,1-3,6-7H2,(H,17,19). The fraction of sp³-hybridized carbons (Fsp3) is 0.462. The van der Waals surface area contributed by atoms with Gasteiger partial charge in [-0.2, -0.15) is 0 Å². The topological polar surface area (TPSA) is 84.3 Å². The number of hydrogen-bond acceptors (Lipinski definition) is 4. The third kappa shape index (κ3) is 4.06. The second-order valence-electron chi connectivity index (χ2n) is 4.97. The lowest BCUT2D eigenvalue weighted by atomic mass is 9.99. The molecule has 0 aliphatic carbocycles. The van der Waals surface area contributed by atoms with E-state index >= 15 is 0 Å². The first kappa shape index (κ1) is 16.0. The van der Waals surface area contributed by atoms with Crippen LogP contribution in [0, 0.1) is 16.0 Å². The maximum Gasteiger partial charge on any atom is 0.271 e. The van der Waals surface area contributed by atoms with Crippen LogP contribution in [-0.4, -0.2) is 30.5 Å². The van der Waals surface area contributed by atoms with Gasteiger partial charge in [-0.15, -0.1) is 0 Å². The monoisotopic (exact) mass is 331 g/mol. The highest BCUT2D eigenvalue weighted by Gasteiger charge is 2.20. The molecule has 1 fully saturated rings. The van der Waals surface area contributed by atoms with E-state index in [0.717, 1.165) is 38.1 Å². The van der Waals surface area contributed by atoms with Gasteiger partial charge in [0, 0.05) is 18.7 Å². The van der Waals surface area contributed by atoms with Gasteiger partial charge in [0.15, 0.2) is 0 Å². The summed E-state index contributed by atoms with van der Waals surface area (Å²) in [6, 6.07) is 2.27. The van der Waals surface area contributed by atoms with E-state index in [-0.39, 0.29) is 21.3 Å². The number of carbonyl (C=O) groups excluding carboxylic acids is 1. The van der Waals surface area contributed by atoms with E-state index in [4.69, 9.17) is 23.2 Å². The summed E-state index contributed by atoms with van der Waals surface area (Å²) in [5.74, 6) is -0.0909. The summed E-state index contributed by atoms with van der Waals surface area (Å²) in [5.41, 5.74) is -0.228. The number of nitro benzene ring substituents is 1. The van der Waals surface area contributed by atoms with Crippen molar-refractivity contribution < 1.29 is 9.72 Å². The molecule has 1 saturated heterocycles. The van der Waals surface area contributed by atoms with Gasteiger partial charge < -0.3 is 10.6 Å². The molecule has 1 amide bonds. The minimum atomic E-state index is -0.607. The molecule has 0 radical (unpaired) electrons. The number of halogens is 2. The molecule has 1 atom stereocenters. The predicted molar refractivity (Wildman–Crippen MR) is 81.0 cm³/mol. The van der Waals surface area contributed by atoms with Gasteiger partial charge in [-0.1, -0.05) is 23.2 Å². The average molecular weight is 332 g/mol. The fourth-order valence-corrected chi connectivity index (χ4v) is 2.68. The number of rotatable bonds is 4. The maximum atomic E-state index is 12.1. The first-order valence-electron chi connectivity index (χ1n) is 6.61. The maximum absolute atomic E-state index is 12.1. The molecule has 0 spiro atoms. The number of benzene rings is 1. The lowest BCUT2D eigenvalue weighted by molar-refractivity contribution is -0.384. The summed E-state index contributed by atoms with van der Waals surface area (Å²) in [6.45, 7) is 2.35. The van der Waals surface area contributed by atoms with Crippen LogP contribution >= 0.6 is 23.2 Å². The minimum Gasteiger partial charge on any atom is -0.352 e. The summed E-state index contributed by atoms with van der Waals surface area (Å²) < 4.78 is 0. The molecule has 1 aromatic rings. The van der Waals surface area contributed by atoms with Gasteiger partial charge in [-0.3, -0.25) is 14.9 Å². The SMILES string of the molecule is O=C(NCC1CCCNC1)c1cc([N+](=O)[O-])cc(Cl)c1Cl. The van der Waals surface area contributed by atoms with E-state index in [0.29, 0.717) is 12.5 Å². The Morgan fingerprint density at radius 2 is 2.24 bits per heavy atom. The van der Waals surface area contributed by atoms with Crippen LogP contribution in [0.1, 0.15) is 23.2 Å². The van der Waals surface area contributed by atoms with Crippen LogP contribution in [0.3, 0.4) is 0 Å². The number of non-ortho nitro benzene ring substituents is 1. The molecule has 6 nitrogen and oxygen atoms in total. The zero-order valence-electron chi connectivity index (χ0n) is 11.2.